The van der Waals surface area contributed by atoms with E-state index in [-0.39, 0.29) is 24.4 Å². The van der Waals surface area contributed by atoms with Crippen LogP contribution in [0, 0.1) is 0 Å². The maximum absolute atomic E-state index is 13.2. The number of carbonyl (C=O) groups is 3. The summed E-state index contributed by atoms with van der Waals surface area (Å²) >= 11 is 0. The number of benzene rings is 1. The number of halogens is 3. The number of unbranched alkanes of at least 4 members (excludes halogenated alkanes) is 1. The van der Waals surface area contributed by atoms with Crippen molar-refractivity contribution in [3.8, 4) is 0 Å². The third kappa shape index (κ3) is 5.42. The Balaban J connectivity index is 1.80. The van der Waals surface area contributed by atoms with Crippen LogP contribution in [0.3, 0.4) is 0 Å². The van der Waals surface area contributed by atoms with Gasteiger partial charge in [-0.05, 0) is 49.2 Å². The highest BCUT2D eigenvalue weighted by Crippen LogP contribution is 2.33. The van der Waals surface area contributed by atoms with Gasteiger partial charge in [0.1, 0.15) is 5.54 Å². The van der Waals surface area contributed by atoms with Crippen LogP contribution in [0.15, 0.2) is 47.6 Å². The topological polar surface area (TPSA) is 135 Å². The fourth-order valence-corrected chi connectivity index (χ4v) is 4.23. The van der Waals surface area contributed by atoms with Gasteiger partial charge in [-0.15, -0.1) is 0 Å². The number of sulfone groups is 1. The van der Waals surface area contributed by atoms with Crippen molar-refractivity contribution in [3.63, 3.8) is 0 Å². The quantitative estimate of drug-likeness (QED) is 0.393. The summed E-state index contributed by atoms with van der Waals surface area (Å²) < 4.78 is 66.6. The molecule has 36 heavy (non-hydrogen) atoms. The Bertz CT molecular complexity index is 1270. The summed E-state index contributed by atoms with van der Waals surface area (Å²) in [6.45, 7) is 3.61. The lowest BCUT2D eigenvalue weighted by molar-refractivity contribution is -0.121. The van der Waals surface area contributed by atoms with Gasteiger partial charge in [-0.3, -0.25) is 15.1 Å². The largest absolute Gasteiger partial charge is 0.501 e. The number of imide groups is 1. The number of ether oxygens (including phenoxy) is 1. The summed E-state index contributed by atoms with van der Waals surface area (Å²) in [6, 6.07) is 3.91. The van der Waals surface area contributed by atoms with Crippen molar-refractivity contribution in [2.45, 2.75) is 49.1 Å². The summed E-state index contributed by atoms with van der Waals surface area (Å²) in [4.78, 5) is 41.5. The average molecular weight is 529 g/mol. The molecule has 1 aliphatic heterocycles. The molecular formula is C22H23F3N4O6S. The van der Waals surface area contributed by atoms with Crippen LogP contribution in [0.1, 0.15) is 32.3 Å². The van der Waals surface area contributed by atoms with Gasteiger partial charge >= 0.3 is 17.6 Å². The number of carbonyl (C=O) groups excluding carboxylic acids is 3. The zero-order chi connectivity index (χ0) is 26.7. The van der Waals surface area contributed by atoms with Gasteiger partial charge in [-0.2, -0.15) is 13.2 Å². The SMILES string of the molecule is CCCCOC(=O)Nc1cnccc1CC1(C)NC(=O)N(c2ccc(S(=O)(=O)C(F)(F)F)cc2)C1=O. The molecule has 0 radical (unpaired) electrons. The molecule has 1 fully saturated rings. The van der Waals surface area contributed by atoms with Crippen LogP contribution in [0.5, 0.6) is 0 Å². The molecule has 1 unspecified atom stereocenters. The van der Waals surface area contributed by atoms with Gasteiger partial charge in [0.05, 0.1) is 29.1 Å². The molecule has 1 atom stereocenters. The van der Waals surface area contributed by atoms with E-state index in [9.17, 15) is 36.0 Å². The zero-order valence-electron chi connectivity index (χ0n) is 19.3. The first-order chi connectivity index (χ1) is 16.8. The summed E-state index contributed by atoms with van der Waals surface area (Å²) in [5.41, 5.74) is -6.37. The van der Waals surface area contributed by atoms with Crippen LogP contribution in [-0.4, -0.2) is 49.1 Å². The third-order valence-corrected chi connectivity index (χ3v) is 6.90. The number of aromatic nitrogens is 1. The van der Waals surface area contributed by atoms with Crippen LogP contribution in [0.25, 0.3) is 0 Å². The lowest BCUT2D eigenvalue weighted by Crippen LogP contribution is -2.46. The van der Waals surface area contributed by atoms with Crippen molar-refractivity contribution in [2.75, 3.05) is 16.8 Å². The van der Waals surface area contributed by atoms with Crippen LogP contribution >= 0.6 is 0 Å². The minimum Gasteiger partial charge on any atom is -0.449 e. The van der Waals surface area contributed by atoms with Crippen LogP contribution < -0.4 is 15.5 Å². The first-order valence-corrected chi connectivity index (χ1v) is 12.2. The highest BCUT2D eigenvalue weighted by atomic mass is 32.2. The van der Waals surface area contributed by atoms with E-state index in [1.807, 2.05) is 6.92 Å². The van der Waals surface area contributed by atoms with Crippen molar-refractivity contribution in [1.29, 1.82) is 0 Å². The Morgan fingerprint density at radius 2 is 1.86 bits per heavy atom. The number of pyridine rings is 1. The molecular weight excluding hydrogens is 505 g/mol. The molecule has 0 aliphatic carbocycles. The van der Waals surface area contributed by atoms with Crippen molar-refractivity contribution in [3.05, 3.63) is 48.3 Å². The molecule has 1 aromatic heterocycles. The molecule has 1 saturated heterocycles. The lowest BCUT2D eigenvalue weighted by Gasteiger charge is -2.23. The van der Waals surface area contributed by atoms with Crippen molar-refractivity contribution in [1.82, 2.24) is 10.3 Å². The molecule has 14 heteroatoms. The van der Waals surface area contributed by atoms with E-state index in [4.69, 9.17) is 4.74 Å². The van der Waals surface area contributed by atoms with E-state index >= 15 is 0 Å². The Kier molecular flexibility index (Phi) is 7.57. The second-order valence-corrected chi connectivity index (χ2v) is 10.1. The number of alkyl halides is 3. The van der Waals surface area contributed by atoms with E-state index in [0.29, 0.717) is 29.0 Å². The first kappa shape index (κ1) is 26.9. The van der Waals surface area contributed by atoms with Gasteiger partial charge in [0.2, 0.25) is 0 Å². The first-order valence-electron chi connectivity index (χ1n) is 10.7. The molecule has 0 saturated carbocycles. The fraction of sp³-hybridized carbons (Fsp3) is 0.364. The smallest absolute Gasteiger partial charge is 0.449 e. The fourth-order valence-electron chi connectivity index (χ4n) is 3.47. The van der Waals surface area contributed by atoms with Crippen molar-refractivity contribution < 1.29 is 40.7 Å². The normalized spacial score (nSPS) is 18.2. The molecule has 1 aliphatic rings. The van der Waals surface area contributed by atoms with Crippen molar-refractivity contribution in [2.24, 2.45) is 0 Å². The summed E-state index contributed by atoms with van der Waals surface area (Å²) in [5, 5.41) is 5.10. The predicted octanol–water partition coefficient (Wildman–Crippen LogP) is 3.78. The van der Waals surface area contributed by atoms with Gasteiger partial charge < -0.3 is 10.1 Å². The Morgan fingerprint density at radius 3 is 2.47 bits per heavy atom. The number of amides is 4. The molecule has 0 bridgehead atoms. The van der Waals surface area contributed by atoms with E-state index in [0.717, 1.165) is 18.6 Å². The molecule has 0 spiro atoms. The summed E-state index contributed by atoms with van der Waals surface area (Å²) in [6.07, 6.45) is 3.54. The Morgan fingerprint density at radius 1 is 1.19 bits per heavy atom. The molecule has 4 amide bonds. The number of hydrogen-bond donors (Lipinski definition) is 2. The number of urea groups is 1. The molecule has 3 rings (SSSR count). The van der Waals surface area contributed by atoms with Gasteiger partial charge in [0.25, 0.3) is 15.7 Å². The monoisotopic (exact) mass is 528 g/mol. The predicted molar refractivity (Wildman–Crippen MR) is 122 cm³/mol. The lowest BCUT2D eigenvalue weighted by atomic mass is 9.92. The average Bonchev–Trinajstić information content (AvgIpc) is 3.02. The molecule has 10 nitrogen and oxygen atoms in total. The van der Waals surface area contributed by atoms with E-state index in [2.05, 4.69) is 15.6 Å². The Hall–Kier alpha value is -3.68. The van der Waals surface area contributed by atoms with Gasteiger partial charge in [0, 0.05) is 12.6 Å². The highest BCUT2D eigenvalue weighted by Gasteiger charge is 2.49. The number of hydrogen-bond acceptors (Lipinski definition) is 7. The van der Waals surface area contributed by atoms with Gasteiger partial charge in [0.15, 0.2) is 0 Å². The summed E-state index contributed by atoms with van der Waals surface area (Å²) in [7, 11) is -5.58. The van der Waals surface area contributed by atoms with Crippen molar-refractivity contribution >= 4 is 39.2 Å². The highest BCUT2D eigenvalue weighted by molar-refractivity contribution is 7.92. The number of anilines is 2. The number of rotatable bonds is 8. The van der Waals surface area contributed by atoms with Gasteiger partial charge in [-0.1, -0.05) is 13.3 Å². The second-order valence-electron chi connectivity index (χ2n) is 8.17. The number of nitrogens with one attached hydrogen (secondary N) is 2. The standard InChI is InChI=1S/C22H23F3N4O6S/c1-3-4-11-35-20(32)27-17-13-26-10-9-14(17)12-21(2)18(30)29(19(31)28-21)15-5-7-16(8-6-15)36(33,34)22(23,24)25/h5-10,13H,3-4,11-12H2,1-2H3,(H,27,32)(H,28,31). The molecule has 2 heterocycles. The van der Waals surface area contributed by atoms with E-state index in [1.165, 1.54) is 19.3 Å². The molecule has 1 aromatic carbocycles. The van der Waals surface area contributed by atoms with E-state index < -0.39 is 43.8 Å². The van der Waals surface area contributed by atoms with Crippen LogP contribution in [0.4, 0.5) is 34.1 Å². The maximum Gasteiger partial charge on any atom is 0.501 e. The third-order valence-electron chi connectivity index (χ3n) is 5.39. The van der Waals surface area contributed by atoms with E-state index in [1.54, 1.807) is 6.07 Å². The zero-order valence-corrected chi connectivity index (χ0v) is 20.1. The second kappa shape index (κ2) is 10.1. The minimum atomic E-state index is -5.58. The molecule has 2 N–H and O–H groups in total. The number of nitrogens with zero attached hydrogens (tertiary/aromatic N) is 2. The molecule has 2 aromatic rings. The maximum atomic E-state index is 13.2. The summed E-state index contributed by atoms with van der Waals surface area (Å²) in [5.74, 6) is -0.729. The molecule has 194 valence electrons. The van der Waals surface area contributed by atoms with Gasteiger partial charge in [-0.25, -0.2) is 22.9 Å². The van der Waals surface area contributed by atoms with Crippen LogP contribution in [-0.2, 0) is 25.8 Å². The Labute approximate surface area is 204 Å². The van der Waals surface area contributed by atoms with Crippen LogP contribution in [0.2, 0.25) is 0 Å². The minimum absolute atomic E-state index is 0.0678.